The van der Waals surface area contributed by atoms with Crippen molar-refractivity contribution >= 4 is 11.8 Å². The van der Waals surface area contributed by atoms with E-state index in [0.29, 0.717) is 29.8 Å². The van der Waals surface area contributed by atoms with Crippen molar-refractivity contribution < 1.29 is 27.9 Å². The Morgan fingerprint density at radius 3 is 2.42 bits per heavy atom. The number of β-amino-alcohol motifs (C(OH)–C–C–N with tert-alkyl or cyclic N) is 1. The molecule has 2 amide bonds. The van der Waals surface area contributed by atoms with Gasteiger partial charge in [0.1, 0.15) is 5.69 Å². The second-order valence-electron chi connectivity index (χ2n) is 8.88. The Morgan fingerprint density at radius 2 is 1.83 bits per heavy atom. The molecule has 36 heavy (non-hydrogen) atoms. The van der Waals surface area contributed by atoms with Gasteiger partial charge in [0.15, 0.2) is 0 Å². The molecule has 0 bridgehead atoms. The number of nitrogens with zero attached hydrogens (tertiary/aromatic N) is 3. The third kappa shape index (κ3) is 5.71. The third-order valence-electron chi connectivity index (χ3n) is 6.02. The lowest BCUT2D eigenvalue weighted by molar-refractivity contribution is -0.141. The number of likely N-dealkylation sites (tertiary alicyclic amines) is 1. The van der Waals surface area contributed by atoms with Crippen LogP contribution in [0, 0.1) is 6.92 Å². The van der Waals surface area contributed by atoms with Crippen LogP contribution in [-0.2, 0) is 6.18 Å². The number of halogens is 3. The number of pyridine rings is 2. The van der Waals surface area contributed by atoms with E-state index in [2.05, 4.69) is 15.3 Å². The van der Waals surface area contributed by atoms with Crippen LogP contribution in [0.2, 0.25) is 0 Å². The summed E-state index contributed by atoms with van der Waals surface area (Å²) in [6, 6.07) is 9.89. The summed E-state index contributed by atoms with van der Waals surface area (Å²) >= 11 is 0. The first-order valence-electron chi connectivity index (χ1n) is 11.4. The number of aryl methyl sites for hydroxylation is 1. The number of aromatic nitrogens is 2. The average Bonchev–Trinajstić information content (AvgIpc) is 3.29. The van der Waals surface area contributed by atoms with Crippen molar-refractivity contribution in [1.29, 1.82) is 0 Å². The zero-order valence-electron chi connectivity index (χ0n) is 19.7. The lowest BCUT2D eigenvalue weighted by Gasteiger charge is -2.18. The molecular formula is C26H25F3N4O3. The fourth-order valence-electron chi connectivity index (χ4n) is 3.97. The van der Waals surface area contributed by atoms with E-state index in [0.717, 1.165) is 17.8 Å². The number of aliphatic hydroxyl groups excluding tert-OH is 1. The number of amides is 2. The van der Waals surface area contributed by atoms with Gasteiger partial charge in [-0.25, -0.2) is 0 Å². The van der Waals surface area contributed by atoms with E-state index >= 15 is 0 Å². The summed E-state index contributed by atoms with van der Waals surface area (Å²) in [4.78, 5) is 35.6. The maximum atomic E-state index is 13.1. The zero-order valence-corrected chi connectivity index (χ0v) is 19.7. The number of rotatable bonds is 5. The summed E-state index contributed by atoms with van der Waals surface area (Å²) < 4.78 is 38.4. The molecule has 2 atom stereocenters. The molecule has 188 valence electrons. The van der Waals surface area contributed by atoms with Gasteiger partial charge in [0.05, 0.1) is 17.8 Å². The normalized spacial score (nSPS) is 16.6. The molecule has 0 radical (unpaired) electrons. The Bertz CT molecular complexity index is 1260. The summed E-state index contributed by atoms with van der Waals surface area (Å²) in [5.41, 5.74) is 1.95. The molecule has 1 fully saturated rings. The van der Waals surface area contributed by atoms with E-state index in [1.54, 1.807) is 31.3 Å². The van der Waals surface area contributed by atoms with Crippen LogP contribution in [-0.4, -0.2) is 51.0 Å². The van der Waals surface area contributed by atoms with E-state index < -0.39 is 29.9 Å². The van der Waals surface area contributed by atoms with E-state index in [1.807, 2.05) is 13.0 Å². The van der Waals surface area contributed by atoms with E-state index in [1.165, 1.54) is 17.0 Å². The number of hydrogen-bond acceptors (Lipinski definition) is 5. The van der Waals surface area contributed by atoms with Gasteiger partial charge < -0.3 is 15.3 Å². The third-order valence-corrected chi connectivity index (χ3v) is 6.02. The smallest absolute Gasteiger partial charge is 0.391 e. The molecule has 3 heterocycles. The zero-order chi connectivity index (χ0) is 26.0. The van der Waals surface area contributed by atoms with Gasteiger partial charge in [-0.2, -0.15) is 13.2 Å². The fourth-order valence-corrected chi connectivity index (χ4v) is 3.97. The lowest BCUT2D eigenvalue weighted by Crippen LogP contribution is -2.30. The number of hydrogen-bond donors (Lipinski definition) is 2. The molecule has 0 unspecified atom stereocenters. The topological polar surface area (TPSA) is 95.4 Å². The second-order valence-corrected chi connectivity index (χ2v) is 8.88. The van der Waals surface area contributed by atoms with E-state index in [9.17, 15) is 27.9 Å². The Morgan fingerprint density at radius 1 is 1.08 bits per heavy atom. The van der Waals surface area contributed by atoms with Gasteiger partial charge in [0, 0.05) is 42.2 Å². The number of benzene rings is 1. The first-order valence-corrected chi connectivity index (χ1v) is 11.4. The minimum absolute atomic E-state index is 0.199. The second kappa shape index (κ2) is 10.1. The molecule has 0 spiro atoms. The molecule has 1 aliphatic heterocycles. The summed E-state index contributed by atoms with van der Waals surface area (Å²) in [6.45, 7) is 4.15. The minimum atomic E-state index is -4.55. The van der Waals surface area contributed by atoms with Gasteiger partial charge >= 0.3 is 6.18 Å². The maximum Gasteiger partial charge on any atom is 0.433 e. The molecule has 1 saturated heterocycles. The Balaban J connectivity index is 1.62. The predicted molar refractivity (Wildman–Crippen MR) is 126 cm³/mol. The van der Waals surface area contributed by atoms with Gasteiger partial charge in [-0.1, -0.05) is 12.1 Å². The number of aliphatic hydroxyl groups is 1. The number of carbonyl (C=O) groups is 2. The molecule has 0 aliphatic carbocycles. The van der Waals surface area contributed by atoms with Crippen molar-refractivity contribution in [2.24, 2.45) is 0 Å². The molecule has 1 aliphatic rings. The number of alkyl halides is 3. The Hall–Kier alpha value is -3.79. The number of carbonyl (C=O) groups excluding carboxylic acids is 2. The highest BCUT2D eigenvalue weighted by atomic mass is 19.4. The van der Waals surface area contributed by atoms with Crippen molar-refractivity contribution in [3.8, 4) is 11.3 Å². The summed E-state index contributed by atoms with van der Waals surface area (Å²) in [5, 5.41) is 12.6. The monoisotopic (exact) mass is 498 g/mol. The molecule has 2 N–H and O–H groups in total. The van der Waals surface area contributed by atoms with Gasteiger partial charge in [-0.05, 0) is 61.7 Å². The lowest BCUT2D eigenvalue weighted by atomic mass is 10.0. The molecule has 2 aromatic heterocycles. The summed E-state index contributed by atoms with van der Waals surface area (Å²) in [5.74, 6) is -0.818. The SMILES string of the molecule is Cc1ccc(-c2cc(C(=O)N[C@@H](C)c3ccc(C(F)(F)F)nc3)cc(C(=O)N3CC[C@H](O)C3)c2)nc1. The van der Waals surface area contributed by atoms with E-state index in [-0.39, 0.29) is 23.6 Å². The quantitative estimate of drug-likeness (QED) is 0.551. The molecule has 10 heteroatoms. The first-order chi connectivity index (χ1) is 17.0. The Kier molecular flexibility index (Phi) is 7.07. The van der Waals surface area contributed by atoms with Crippen LogP contribution in [0.1, 0.15) is 56.9 Å². The summed E-state index contributed by atoms with van der Waals surface area (Å²) in [7, 11) is 0. The minimum Gasteiger partial charge on any atom is -0.391 e. The molecule has 7 nitrogen and oxygen atoms in total. The van der Waals surface area contributed by atoms with Gasteiger partial charge in [0.25, 0.3) is 11.8 Å². The predicted octanol–water partition coefficient (Wildman–Crippen LogP) is 4.17. The molecular weight excluding hydrogens is 473 g/mol. The van der Waals surface area contributed by atoms with Gasteiger partial charge in [0.2, 0.25) is 0 Å². The van der Waals surface area contributed by atoms with Crippen molar-refractivity contribution in [3.63, 3.8) is 0 Å². The van der Waals surface area contributed by atoms with Crippen LogP contribution < -0.4 is 5.32 Å². The van der Waals surface area contributed by atoms with Crippen LogP contribution in [0.15, 0.2) is 54.9 Å². The van der Waals surface area contributed by atoms with Crippen LogP contribution in [0.25, 0.3) is 11.3 Å². The maximum absolute atomic E-state index is 13.1. The highest BCUT2D eigenvalue weighted by Gasteiger charge is 2.32. The molecule has 1 aromatic carbocycles. The largest absolute Gasteiger partial charge is 0.433 e. The first kappa shape index (κ1) is 25.3. The average molecular weight is 499 g/mol. The standard InChI is InChI=1S/C26H25F3N4O3/c1-15-3-5-22(30-12-15)18-9-19(11-20(10-18)25(36)33-8-7-21(34)14-33)24(35)32-16(2)17-4-6-23(31-13-17)26(27,28)29/h3-6,9-13,16,21,34H,7-8,14H2,1-2H3,(H,32,35)/t16-,21-/m0/s1. The number of nitrogens with one attached hydrogen (secondary N) is 1. The van der Waals surface area contributed by atoms with E-state index in [4.69, 9.17) is 0 Å². The van der Waals surface area contributed by atoms with Crippen molar-refractivity contribution in [2.75, 3.05) is 13.1 Å². The Labute approximate surface area is 206 Å². The molecule has 4 rings (SSSR count). The van der Waals surface area contributed by atoms with Crippen LogP contribution >= 0.6 is 0 Å². The molecule has 3 aromatic rings. The summed E-state index contributed by atoms with van der Waals surface area (Å²) in [6.07, 6.45) is -1.90. The highest BCUT2D eigenvalue weighted by molar-refractivity contribution is 6.01. The van der Waals surface area contributed by atoms with Crippen LogP contribution in [0.3, 0.4) is 0 Å². The highest BCUT2D eigenvalue weighted by Crippen LogP contribution is 2.28. The van der Waals surface area contributed by atoms with Gasteiger partial charge in [-0.3, -0.25) is 19.6 Å². The fraction of sp³-hybridized carbons (Fsp3) is 0.308. The van der Waals surface area contributed by atoms with Crippen LogP contribution in [0.4, 0.5) is 13.2 Å². The van der Waals surface area contributed by atoms with Crippen molar-refractivity contribution in [1.82, 2.24) is 20.2 Å². The van der Waals surface area contributed by atoms with Crippen LogP contribution in [0.5, 0.6) is 0 Å². The van der Waals surface area contributed by atoms with Crippen molar-refractivity contribution in [3.05, 3.63) is 82.8 Å². The molecule has 0 saturated carbocycles. The van der Waals surface area contributed by atoms with Gasteiger partial charge in [-0.15, -0.1) is 0 Å². The van der Waals surface area contributed by atoms with Crippen molar-refractivity contribution in [2.45, 2.75) is 38.6 Å².